The van der Waals surface area contributed by atoms with Crippen molar-refractivity contribution in [2.75, 3.05) is 0 Å². The molecule has 0 heterocycles. The second kappa shape index (κ2) is 5.16. The van der Waals surface area contributed by atoms with E-state index in [1.54, 1.807) is 0 Å². The lowest BCUT2D eigenvalue weighted by Crippen LogP contribution is -2.33. The third-order valence-corrected chi connectivity index (χ3v) is 4.61. The Kier molecular flexibility index (Phi) is 3.53. The zero-order valence-electron chi connectivity index (χ0n) is 10.4. The number of nitrogens with two attached hydrogens (primary N) is 1. The summed E-state index contributed by atoms with van der Waals surface area (Å²) in [6.07, 6.45) is 2.05. The van der Waals surface area contributed by atoms with E-state index in [1.165, 1.54) is 11.1 Å². The number of fused-ring (bicyclic) bond motifs is 1. The van der Waals surface area contributed by atoms with Gasteiger partial charge in [0.1, 0.15) is 0 Å². The van der Waals surface area contributed by atoms with Crippen LogP contribution in [0.25, 0.3) is 0 Å². The van der Waals surface area contributed by atoms with Gasteiger partial charge in [-0.2, -0.15) is 0 Å². The van der Waals surface area contributed by atoms with Gasteiger partial charge in [-0.1, -0.05) is 53.5 Å². The SMILES string of the molecule is N[C@@H]1CCc2ccccc2C1c1ccc(Cl)c(Cl)c1. The van der Waals surface area contributed by atoms with Crippen LogP contribution in [0.5, 0.6) is 0 Å². The van der Waals surface area contributed by atoms with Crippen molar-refractivity contribution < 1.29 is 0 Å². The van der Waals surface area contributed by atoms with Gasteiger partial charge in [0.15, 0.2) is 0 Å². The van der Waals surface area contributed by atoms with Crippen molar-refractivity contribution in [1.29, 1.82) is 0 Å². The molecule has 2 N–H and O–H groups in total. The van der Waals surface area contributed by atoms with Gasteiger partial charge in [0.05, 0.1) is 10.0 Å². The Balaban J connectivity index is 2.10. The minimum atomic E-state index is 0.132. The summed E-state index contributed by atoms with van der Waals surface area (Å²) < 4.78 is 0. The third-order valence-electron chi connectivity index (χ3n) is 3.87. The topological polar surface area (TPSA) is 26.0 Å². The maximum atomic E-state index is 6.34. The van der Waals surface area contributed by atoms with Gasteiger partial charge < -0.3 is 5.73 Å². The van der Waals surface area contributed by atoms with Gasteiger partial charge in [-0.25, -0.2) is 0 Å². The van der Waals surface area contributed by atoms with E-state index >= 15 is 0 Å². The first-order valence-corrected chi connectivity index (χ1v) is 7.21. The molecule has 0 bridgehead atoms. The van der Waals surface area contributed by atoms with E-state index in [9.17, 15) is 0 Å². The highest BCUT2D eigenvalue weighted by Gasteiger charge is 2.28. The molecule has 1 aliphatic carbocycles. The fraction of sp³-hybridized carbons (Fsp3) is 0.250. The molecule has 0 aromatic heterocycles. The van der Waals surface area contributed by atoms with Crippen LogP contribution in [0.15, 0.2) is 42.5 Å². The summed E-state index contributed by atoms with van der Waals surface area (Å²) in [7, 11) is 0. The Bertz CT molecular complexity index is 609. The number of aryl methyl sites for hydroxylation is 1. The van der Waals surface area contributed by atoms with Crippen molar-refractivity contribution >= 4 is 23.2 Å². The first-order valence-electron chi connectivity index (χ1n) is 6.45. The van der Waals surface area contributed by atoms with Gasteiger partial charge in [0, 0.05) is 12.0 Å². The Morgan fingerprint density at radius 2 is 1.79 bits per heavy atom. The van der Waals surface area contributed by atoms with Gasteiger partial charge >= 0.3 is 0 Å². The van der Waals surface area contributed by atoms with Crippen molar-refractivity contribution in [3.8, 4) is 0 Å². The molecule has 2 atom stereocenters. The van der Waals surface area contributed by atoms with Crippen LogP contribution in [0.2, 0.25) is 10.0 Å². The molecular weight excluding hydrogens is 277 g/mol. The summed E-state index contributed by atoms with van der Waals surface area (Å²) in [5.41, 5.74) is 10.2. The lowest BCUT2D eigenvalue weighted by Gasteiger charge is -2.31. The molecule has 0 spiro atoms. The zero-order chi connectivity index (χ0) is 13.4. The molecule has 2 aromatic rings. The lowest BCUT2D eigenvalue weighted by atomic mass is 9.76. The minimum absolute atomic E-state index is 0.132. The summed E-state index contributed by atoms with van der Waals surface area (Å²) in [6.45, 7) is 0. The molecule has 1 unspecified atom stereocenters. The maximum Gasteiger partial charge on any atom is 0.0595 e. The molecule has 1 nitrogen and oxygen atoms in total. The average Bonchev–Trinajstić information content (AvgIpc) is 2.42. The molecular formula is C16H15Cl2N. The highest BCUT2D eigenvalue weighted by atomic mass is 35.5. The van der Waals surface area contributed by atoms with Crippen molar-refractivity contribution in [3.05, 3.63) is 69.2 Å². The molecule has 0 amide bonds. The Hall–Kier alpha value is -1.02. The summed E-state index contributed by atoms with van der Waals surface area (Å²) in [4.78, 5) is 0. The molecule has 98 valence electrons. The lowest BCUT2D eigenvalue weighted by molar-refractivity contribution is 0.518. The summed E-state index contributed by atoms with van der Waals surface area (Å²) in [5, 5.41) is 1.18. The molecule has 0 radical (unpaired) electrons. The Morgan fingerprint density at radius 1 is 1.00 bits per heavy atom. The summed E-state index contributed by atoms with van der Waals surface area (Å²) in [6, 6.07) is 14.5. The standard InChI is InChI=1S/C16H15Cl2N/c17-13-7-5-11(9-14(13)18)16-12-4-2-1-3-10(12)6-8-15(16)19/h1-5,7,9,15-16H,6,8,19H2/t15-,16?/m1/s1. The van der Waals surface area contributed by atoms with E-state index in [-0.39, 0.29) is 12.0 Å². The largest absolute Gasteiger partial charge is 0.327 e. The highest BCUT2D eigenvalue weighted by molar-refractivity contribution is 6.42. The third kappa shape index (κ3) is 2.38. The monoisotopic (exact) mass is 291 g/mol. The van der Waals surface area contributed by atoms with Crippen LogP contribution >= 0.6 is 23.2 Å². The van der Waals surface area contributed by atoms with Gasteiger partial charge in [0.25, 0.3) is 0 Å². The van der Waals surface area contributed by atoms with Crippen LogP contribution < -0.4 is 5.73 Å². The van der Waals surface area contributed by atoms with Crippen LogP contribution in [0.4, 0.5) is 0 Å². The molecule has 0 saturated carbocycles. The zero-order valence-corrected chi connectivity index (χ0v) is 12.0. The van der Waals surface area contributed by atoms with E-state index in [4.69, 9.17) is 28.9 Å². The van der Waals surface area contributed by atoms with Crippen molar-refractivity contribution in [2.45, 2.75) is 24.8 Å². The fourth-order valence-electron chi connectivity index (χ4n) is 2.92. The van der Waals surface area contributed by atoms with E-state index in [1.807, 2.05) is 18.2 Å². The first-order chi connectivity index (χ1) is 9.16. The van der Waals surface area contributed by atoms with Gasteiger partial charge in [-0.3, -0.25) is 0 Å². The predicted molar refractivity (Wildman–Crippen MR) is 81.0 cm³/mol. The molecule has 0 fully saturated rings. The number of halogens is 2. The maximum absolute atomic E-state index is 6.34. The van der Waals surface area contributed by atoms with Crippen LogP contribution in [0, 0.1) is 0 Å². The quantitative estimate of drug-likeness (QED) is 0.828. The van der Waals surface area contributed by atoms with Crippen LogP contribution in [-0.4, -0.2) is 6.04 Å². The number of benzene rings is 2. The molecule has 0 saturated heterocycles. The van der Waals surface area contributed by atoms with Crippen molar-refractivity contribution in [2.24, 2.45) is 5.73 Å². The second-order valence-corrected chi connectivity index (χ2v) is 5.87. The molecule has 3 rings (SSSR count). The Morgan fingerprint density at radius 3 is 2.58 bits per heavy atom. The second-order valence-electron chi connectivity index (χ2n) is 5.05. The number of hydrogen-bond acceptors (Lipinski definition) is 1. The summed E-state index contributed by atoms with van der Waals surface area (Å²) >= 11 is 12.1. The normalized spacial score (nSPS) is 22.1. The minimum Gasteiger partial charge on any atom is -0.327 e. The molecule has 19 heavy (non-hydrogen) atoms. The van der Waals surface area contributed by atoms with E-state index < -0.39 is 0 Å². The molecule has 0 aliphatic heterocycles. The molecule has 2 aromatic carbocycles. The average molecular weight is 292 g/mol. The number of rotatable bonds is 1. The van der Waals surface area contributed by atoms with Crippen LogP contribution in [-0.2, 0) is 6.42 Å². The molecule has 3 heteroatoms. The van der Waals surface area contributed by atoms with Crippen LogP contribution in [0.1, 0.15) is 29.0 Å². The smallest absolute Gasteiger partial charge is 0.0595 e. The van der Waals surface area contributed by atoms with Gasteiger partial charge in [-0.05, 0) is 41.7 Å². The summed E-state index contributed by atoms with van der Waals surface area (Å²) in [5.74, 6) is 0.208. The van der Waals surface area contributed by atoms with Gasteiger partial charge in [-0.15, -0.1) is 0 Å². The van der Waals surface area contributed by atoms with Crippen molar-refractivity contribution in [3.63, 3.8) is 0 Å². The van der Waals surface area contributed by atoms with Gasteiger partial charge in [0.2, 0.25) is 0 Å². The fourth-order valence-corrected chi connectivity index (χ4v) is 3.22. The van der Waals surface area contributed by atoms with Crippen LogP contribution in [0.3, 0.4) is 0 Å². The first kappa shape index (κ1) is 13.0. The van der Waals surface area contributed by atoms with E-state index in [0.717, 1.165) is 18.4 Å². The van der Waals surface area contributed by atoms with E-state index in [0.29, 0.717) is 10.0 Å². The Labute approximate surface area is 123 Å². The predicted octanol–water partition coefficient (Wildman–Crippen LogP) is 4.40. The van der Waals surface area contributed by atoms with E-state index in [2.05, 4.69) is 24.3 Å². The highest BCUT2D eigenvalue weighted by Crippen LogP contribution is 2.37. The number of hydrogen-bond donors (Lipinski definition) is 1. The van der Waals surface area contributed by atoms with Crippen molar-refractivity contribution in [1.82, 2.24) is 0 Å². The molecule has 1 aliphatic rings.